The third kappa shape index (κ3) is 1.81. The van der Waals surface area contributed by atoms with Crippen molar-refractivity contribution in [3.05, 3.63) is 35.4 Å². The van der Waals surface area contributed by atoms with Crippen LogP contribution in [0.1, 0.15) is 37.3 Å². The van der Waals surface area contributed by atoms with Crippen molar-refractivity contribution >= 4 is 0 Å². The van der Waals surface area contributed by atoms with Gasteiger partial charge in [-0.25, -0.2) is 0 Å². The predicted octanol–water partition coefficient (Wildman–Crippen LogP) is 3.12. The van der Waals surface area contributed by atoms with E-state index in [1.54, 1.807) is 0 Å². The third-order valence-corrected chi connectivity index (χ3v) is 4.07. The lowest BCUT2D eigenvalue weighted by atomic mass is 9.89. The van der Waals surface area contributed by atoms with Crippen LogP contribution in [-0.2, 0) is 0 Å². The lowest BCUT2D eigenvalue weighted by molar-refractivity contribution is 0.207. The molecule has 1 aromatic rings. The minimum absolute atomic E-state index is 0.182. The highest BCUT2D eigenvalue weighted by atomic mass is 16.3. The Morgan fingerprint density at radius 1 is 1.47 bits per heavy atom. The van der Waals surface area contributed by atoms with Crippen LogP contribution in [0.15, 0.2) is 24.3 Å². The summed E-state index contributed by atoms with van der Waals surface area (Å²) in [6.45, 7) is 6.97. The number of rotatable bonds is 3. The van der Waals surface area contributed by atoms with E-state index in [0.717, 1.165) is 0 Å². The molecule has 1 aromatic carbocycles. The largest absolute Gasteiger partial charge is 0.396 e. The maximum Gasteiger partial charge on any atom is 0.0487 e. The molecule has 0 aliphatic heterocycles. The average Bonchev–Trinajstić information content (AvgIpc) is 2.92. The summed E-state index contributed by atoms with van der Waals surface area (Å²) in [5, 5.41) is 9.30. The Labute approximate surface area is 92.1 Å². The lowest BCUT2D eigenvalue weighted by Crippen LogP contribution is -2.09. The molecule has 0 saturated heterocycles. The number of aliphatic hydroxyl groups is 1. The molecule has 0 heterocycles. The quantitative estimate of drug-likeness (QED) is 0.802. The summed E-state index contributed by atoms with van der Waals surface area (Å²) < 4.78 is 0. The molecule has 1 N–H and O–H groups in total. The Kier molecular flexibility index (Phi) is 2.59. The van der Waals surface area contributed by atoms with Crippen LogP contribution in [-0.4, -0.2) is 11.7 Å². The molecule has 0 bridgehead atoms. The van der Waals surface area contributed by atoms with Gasteiger partial charge in [0.1, 0.15) is 0 Å². The zero-order chi connectivity index (χ0) is 11.1. The van der Waals surface area contributed by atoms with Crippen LogP contribution < -0.4 is 0 Å². The van der Waals surface area contributed by atoms with Crippen LogP contribution in [0.4, 0.5) is 0 Å². The number of aliphatic hydroxyl groups excluding tert-OH is 1. The summed E-state index contributed by atoms with van der Waals surface area (Å²) in [5.41, 5.74) is 3.00. The molecule has 0 spiro atoms. The molecule has 0 aromatic heterocycles. The van der Waals surface area contributed by atoms with Crippen LogP contribution in [0.25, 0.3) is 0 Å². The molecular weight excluding hydrogens is 184 g/mol. The van der Waals surface area contributed by atoms with Gasteiger partial charge in [0.15, 0.2) is 0 Å². The van der Waals surface area contributed by atoms with E-state index in [4.69, 9.17) is 0 Å². The Morgan fingerprint density at radius 2 is 2.13 bits per heavy atom. The fourth-order valence-electron chi connectivity index (χ4n) is 2.72. The Morgan fingerprint density at radius 3 is 2.67 bits per heavy atom. The van der Waals surface area contributed by atoms with E-state index in [1.165, 1.54) is 17.5 Å². The first-order chi connectivity index (χ1) is 7.08. The van der Waals surface area contributed by atoms with Gasteiger partial charge in [-0.3, -0.25) is 0 Å². The standard InChI is InChI=1S/C14H20O/c1-10-6-4-5-7-12(10)11(2)13-8-14(13,3)9-15/h4-7,11,13,15H,8-9H2,1-3H3/t11?,13?,14-/m0/s1. The number of hydrogen-bond donors (Lipinski definition) is 1. The van der Waals surface area contributed by atoms with Gasteiger partial charge in [-0.05, 0) is 41.7 Å². The molecule has 1 saturated carbocycles. The van der Waals surface area contributed by atoms with Gasteiger partial charge in [-0.1, -0.05) is 38.1 Å². The smallest absolute Gasteiger partial charge is 0.0487 e. The summed E-state index contributed by atoms with van der Waals surface area (Å²) in [6.07, 6.45) is 1.17. The SMILES string of the molecule is Cc1ccccc1C(C)C1C[C@@]1(C)CO. The van der Waals surface area contributed by atoms with Crippen molar-refractivity contribution in [2.75, 3.05) is 6.61 Å². The van der Waals surface area contributed by atoms with Gasteiger partial charge in [0.25, 0.3) is 0 Å². The highest BCUT2D eigenvalue weighted by molar-refractivity contribution is 5.31. The van der Waals surface area contributed by atoms with E-state index in [2.05, 4.69) is 45.0 Å². The molecule has 82 valence electrons. The first-order valence-corrected chi connectivity index (χ1v) is 5.75. The zero-order valence-electron chi connectivity index (χ0n) is 9.83. The number of hydrogen-bond acceptors (Lipinski definition) is 1. The highest BCUT2D eigenvalue weighted by Gasteiger charge is 2.52. The summed E-state index contributed by atoms with van der Waals surface area (Å²) in [4.78, 5) is 0. The Bertz CT molecular complexity index is 358. The number of aryl methyl sites for hydroxylation is 1. The second-order valence-corrected chi connectivity index (χ2v) is 5.27. The molecule has 1 aliphatic carbocycles. The van der Waals surface area contributed by atoms with Crippen LogP contribution in [0.2, 0.25) is 0 Å². The van der Waals surface area contributed by atoms with Gasteiger partial charge < -0.3 is 5.11 Å². The van der Waals surface area contributed by atoms with E-state index in [-0.39, 0.29) is 5.41 Å². The maximum atomic E-state index is 9.30. The summed E-state index contributed by atoms with van der Waals surface area (Å²) >= 11 is 0. The second kappa shape index (κ2) is 3.64. The van der Waals surface area contributed by atoms with Crippen molar-refractivity contribution in [2.45, 2.75) is 33.1 Å². The van der Waals surface area contributed by atoms with Crippen molar-refractivity contribution in [3.8, 4) is 0 Å². The average molecular weight is 204 g/mol. The minimum Gasteiger partial charge on any atom is -0.396 e. The second-order valence-electron chi connectivity index (χ2n) is 5.27. The van der Waals surface area contributed by atoms with E-state index in [9.17, 15) is 5.11 Å². The molecule has 0 amide bonds. The molecule has 1 fully saturated rings. The monoisotopic (exact) mass is 204 g/mol. The molecule has 3 atom stereocenters. The Balaban J connectivity index is 2.17. The van der Waals surface area contributed by atoms with Crippen molar-refractivity contribution in [1.29, 1.82) is 0 Å². The van der Waals surface area contributed by atoms with Crippen LogP contribution in [0.5, 0.6) is 0 Å². The van der Waals surface area contributed by atoms with Crippen molar-refractivity contribution in [1.82, 2.24) is 0 Å². The molecular formula is C14H20O. The number of benzene rings is 1. The van der Waals surface area contributed by atoms with Gasteiger partial charge in [0, 0.05) is 6.61 Å². The molecule has 0 radical (unpaired) electrons. The molecule has 2 rings (SSSR count). The van der Waals surface area contributed by atoms with Crippen LogP contribution in [0, 0.1) is 18.3 Å². The van der Waals surface area contributed by atoms with Crippen molar-refractivity contribution < 1.29 is 5.11 Å². The summed E-state index contributed by atoms with van der Waals surface area (Å²) in [6, 6.07) is 8.59. The van der Waals surface area contributed by atoms with E-state index in [0.29, 0.717) is 18.4 Å². The molecule has 1 heteroatoms. The first-order valence-electron chi connectivity index (χ1n) is 5.75. The van der Waals surface area contributed by atoms with Gasteiger partial charge in [0.2, 0.25) is 0 Å². The van der Waals surface area contributed by atoms with Crippen LogP contribution in [0.3, 0.4) is 0 Å². The molecule has 1 nitrogen and oxygen atoms in total. The maximum absolute atomic E-state index is 9.30. The van der Waals surface area contributed by atoms with Gasteiger partial charge in [-0.2, -0.15) is 0 Å². The normalized spacial score (nSPS) is 31.3. The van der Waals surface area contributed by atoms with E-state index in [1.807, 2.05) is 0 Å². The van der Waals surface area contributed by atoms with Crippen LogP contribution >= 0.6 is 0 Å². The van der Waals surface area contributed by atoms with E-state index < -0.39 is 0 Å². The Hall–Kier alpha value is -0.820. The topological polar surface area (TPSA) is 20.2 Å². The summed E-state index contributed by atoms with van der Waals surface area (Å²) in [7, 11) is 0. The van der Waals surface area contributed by atoms with Crippen molar-refractivity contribution in [2.24, 2.45) is 11.3 Å². The van der Waals surface area contributed by atoms with Gasteiger partial charge in [0.05, 0.1) is 0 Å². The van der Waals surface area contributed by atoms with Gasteiger partial charge >= 0.3 is 0 Å². The fourth-order valence-corrected chi connectivity index (χ4v) is 2.72. The minimum atomic E-state index is 0.182. The third-order valence-electron chi connectivity index (χ3n) is 4.07. The predicted molar refractivity (Wildman–Crippen MR) is 62.9 cm³/mol. The fraction of sp³-hybridized carbons (Fsp3) is 0.571. The summed E-state index contributed by atoms with van der Waals surface area (Å²) in [5.74, 6) is 1.23. The zero-order valence-corrected chi connectivity index (χ0v) is 9.83. The lowest BCUT2D eigenvalue weighted by Gasteiger charge is -2.17. The van der Waals surface area contributed by atoms with Crippen molar-refractivity contribution in [3.63, 3.8) is 0 Å². The van der Waals surface area contributed by atoms with Gasteiger partial charge in [-0.15, -0.1) is 0 Å². The first kappa shape index (κ1) is 10.7. The molecule has 15 heavy (non-hydrogen) atoms. The molecule has 2 unspecified atom stereocenters. The highest BCUT2D eigenvalue weighted by Crippen LogP contribution is 2.58. The van der Waals surface area contributed by atoms with E-state index >= 15 is 0 Å². The molecule has 1 aliphatic rings.